The van der Waals surface area contributed by atoms with Gasteiger partial charge in [0.1, 0.15) is 17.3 Å². The minimum Gasteiger partial charge on any atom is -0.493 e. The van der Waals surface area contributed by atoms with Crippen molar-refractivity contribution in [1.29, 1.82) is 0 Å². The van der Waals surface area contributed by atoms with Crippen molar-refractivity contribution in [2.24, 2.45) is 5.92 Å². The lowest BCUT2D eigenvalue weighted by Gasteiger charge is -2.24. The van der Waals surface area contributed by atoms with Crippen LogP contribution < -0.4 is 4.74 Å². The van der Waals surface area contributed by atoms with E-state index in [-0.39, 0.29) is 23.1 Å². The average molecular weight is 305 g/mol. The third-order valence-corrected chi connectivity index (χ3v) is 4.02. The smallest absolute Gasteiger partial charge is 0.145 e. The number of benzene rings is 2. The van der Waals surface area contributed by atoms with E-state index in [0.29, 0.717) is 18.6 Å². The van der Waals surface area contributed by atoms with Crippen LogP contribution in [0.25, 0.3) is 0 Å². The van der Waals surface area contributed by atoms with E-state index in [1.807, 2.05) is 24.3 Å². The number of halogens is 2. The molecule has 0 radical (unpaired) electrons. The van der Waals surface area contributed by atoms with Gasteiger partial charge in [0.2, 0.25) is 0 Å². The van der Waals surface area contributed by atoms with E-state index in [2.05, 4.69) is 0 Å². The monoisotopic (exact) mass is 304 g/mol. The Kier molecular flexibility index (Phi) is 3.93. The van der Waals surface area contributed by atoms with E-state index in [9.17, 15) is 9.18 Å². The predicted molar refractivity (Wildman–Crippen MR) is 79.3 cm³/mol. The van der Waals surface area contributed by atoms with Crippen molar-refractivity contribution in [3.63, 3.8) is 0 Å². The quantitative estimate of drug-likeness (QED) is 0.861. The summed E-state index contributed by atoms with van der Waals surface area (Å²) in [6.07, 6.45) is 0.680. The van der Waals surface area contributed by atoms with Crippen molar-refractivity contribution in [2.45, 2.75) is 12.8 Å². The zero-order chi connectivity index (χ0) is 14.8. The number of ether oxygens (including phenoxy) is 1. The highest BCUT2D eigenvalue weighted by atomic mass is 35.5. The maximum Gasteiger partial charge on any atom is 0.145 e. The summed E-state index contributed by atoms with van der Waals surface area (Å²) in [6, 6.07) is 12.4. The molecule has 0 saturated carbocycles. The van der Waals surface area contributed by atoms with Crippen LogP contribution >= 0.6 is 11.6 Å². The van der Waals surface area contributed by atoms with Crippen LogP contribution in [0.15, 0.2) is 42.5 Å². The Morgan fingerprint density at radius 3 is 2.90 bits per heavy atom. The highest BCUT2D eigenvalue weighted by Crippen LogP contribution is 2.28. The Balaban J connectivity index is 1.74. The van der Waals surface area contributed by atoms with Crippen molar-refractivity contribution in [2.75, 3.05) is 6.61 Å². The van der Waals surface area contributed by atoms with Crippen molar-refractivity contribution in [1.82, 2.24) is 0 Å². The molecular formula is C17H14ClFO2. The number of hydrogen-bond donors (Lipinski definition) is 0. The van der Waals surface area contributed by atoms with Crippen molar-refractivity contribution in [3.8, 4) is 5.75 Å². The summed E-state index contributed by atoms with van der Waals surface area (Å²) in [7, 11) is 0. The summed E-state index contributed by atoms with van der Waals surface area (Å²) in [5.74, 6) is 0.0593. The molecule has 0 bridgehead atoms. The third kappa shape index (κ3) is 2.93. The van der Waals surface area contributed by atoms with Gasteiger partial charge in [0.25, 0.3) is 0 Å². The fourth-order valence-electron chi connectivity index (χ4n) is 2.55. The van der Waals surface area contributed by atoms with Gasteiger partial charge in [0, 0.05) is 6.42 Å². The average Bonchev–Trinajstić information content (AvgIpc) is 2.51. The number of carbonyl (C=O) groups is 1. The first-order chi connectivity index (χ1) is 10.1. The van der Waals surface area contributed by atoms with E-state index in [1.54, 1.807) is 12.1 Å². The van der Waals surface area contributed by atoms with E-state index in [0.717, 1.165) is 11.3 Å². The second kappa shape index (κ2) is 5.86. The number of carbonyl (C=O) groups excluding carboxylic acids is 1. The number of fused-ring (bicyclic) bond motifs is 1. The van der Waals surface area contributed by atoms with Crippen LogP contribution in [0.4, 0.5) is 4.39 Å². The Labute approximate surface area is 127 Å². The zero-order valence-electron chi connectivity index (χ0n) is 11.3. The van der Waals surface area contributed by atoms with Gasteiger partial charge in [0.05, 0.1) is 17.5 Å². The van der Waals surface area contributed by atoms with Crippen LogP contribution in [-0.4, -0.2) is 12.4 Å². The standard InChI is InChI=1S/C17H14ClFO2/c18-14-6-3-5-12(17(14)19)9-15(20)13-8-11-4-1-2-7-16(11)21-10-13/h1-7,13H,8-10H2. The lowest BCUT2D eigenvalue weighted by atomic mass is 9.90. The van der Waals surface area contributed by atoms with Crippen LogP contribution in [0.5, 0.6) is 5.75 Å². The maximum absolute atomic E-state index is 13.9. The lowest BCUT2D eigenvalue weighted by molar-refractivity contribution is -0.123. The van der Waals surface area contributed by atoms with Gasteiger partial charge in [0.15, 0.2) is 0 Å². The van der Waals surface area contributed by atoms with E-state index >= 15 is 0 Å². The largest absolute Gasteiger partial charge is 0.493 e. The summed E-state index contributed by atoms with van der Waals surface area (Å²) in [5, 5.41) is 0.0468. The molecule has 0 fully saturated rings. The molecule has 1 atom stereocenters. The van der Waals surface area contributed by atoms with E-state index < -0.39 is 5.82 Å². The molecule has 0 saturated heterocycles. The minimum absolute atomic E-state index is 0.0225. The van der Waals surface area contributed by atoms with Crippen LogP contribution in [0.3, 0.4) is 0 Å². The van der Waals surface area contributed by atoms with Crippen LogP contribution in [-0.2, 0) is 17.6 Å². The van der Waals surface area contributed by atoms with Crippen LogP contribution in [0, 0.1) is 11.7 Å². The lowest BCUT2D eigenvalue weighted by Crippen LogP contribution is -2.29. The Hall–Kier alpha value is -1.87. The molecule has 108 valence electrons. The molecule has 3 rings (SSSR count). The van der Waals surface area contributed by atoms with E-state index in [1.165, 1.54) is 6.07 Å². The van der Waals surface area contributed by atoms with Gasteiger partial charge in [-0.1, -0.05) is 41.9 Å². The van der Waals surface area contributed by atoms with Crippen molar-refractivity contribution < 1.29 is 13.9 Å². The number of ketones is 1. The molecule has 21 heavy (non-hydrogen) atoms. The summed E-state index contributed by atoms with van der Waals surface area (Å²) < 4.78 is 19.5. The highest BCUT2D eigenvalue weighted by Gasteiger charge is 2.26. The number of rotatable bonds is 3. The Bertz CT molecular complexity index is 684. The van der Waals surface area contributed by atoms with Gasteiger partial charge in [-0.2, -0.15) is 0 Å². The first kappa shape index (κ1) is 14.1. The van der Waals surface area contributed by atoms with E-state index in [4.69, 9.17) is 16.3 Å². The second-order valence-electron chi connectivity index (χ2n) is 5.18. The van der Waals surface area contributed by atoms with Gasteiger partial charge in [-0.25, -0.2) is 4.39 Å². The molecule has 0 aliphatic carbocycles. The summed E-state index contributed by atoms with van der Waals surface area (Å²) in [4.78, 5) is 12.4. The Morgan fingerprint density at radius 1 is 1.24 bits per heavy atom. The second-order valence-corrected chi connectivity index (χ2v) is 5.58. The molecule has 1 unspecified atom stereocenters. The normalized spacial score (nSPS) is 17.0. The molecule has 2 aromatic rings. The molecule has 0 aromatic heterocycles. The molecule has 2 nitrogen and oxygen atoms in total. The van der Waals surface area contributed by atoms with Crippen molar-refractivity contribution in [3.05, 3.63) is 64.4 Å². The van der Waals surface area contributed by atoms with Gasteiger partial charge < -0.3 is 4.74 Å². The predicted octanol–water partition coefficient (Wildman–Crippen LogP) is 3.84. The molecule has 2 aromatic carbocycles. The molecule has 0 amide bonds. The maximum atomic E-state index is 13.9. The topological polar surface area (TPSA) is 26.3 Å². The number of para-hydroxylation sites is 1. The molecule has 0 N–H and O–H groups in total. The minimum atomic E-state index is -0.510. The molecule has 1 aliphatic heterocycles. The van der Waals surface area contributed by atoms with Gasteiger partial charge >= 0.3 is 0 Å². The third-order valence-electron chi connectivity index (χ3n) is 3.73. The van der Waals surface area contributed by atoms with Gasteiger partial charge in [-0.05, 0) is 29.7 Å². The number of Topliss-reactive ketones (excluding diaryl/α,β-unsaturated/α-hetero) is 1. The summed E-state index contributed by atoms with van der Waals surface area (Å²) >= 11 is 5.74. The van der Waals surface area contributed by atoms with Crippen LogP contribution in [0.2, 0.25) is 5.02 Å². The zero-order valence-corrected chi connectivity index (χ0v) is 12.1. The highest BCUT2D eigenvalue weighted by molar-refractivity contribution is 6.30. The summed E-state index contributed by atoms with van der Waals surface area (Å²) in [5.41, 5.74) is 1.36. The molecule has 1 aliphatic rings. The first-order valence-electron chi connectivity index (χ1n) is 6.81. The van der Waals surface area contributed by atoms with Crippen molar-refractivity contribution >= 4 is 17.4 Å². The first-order valence-corrected chi connectivity index (χ1v) is 7.19. The van der Waals surface area contributed by atoms with Crippen LogP contribution in [0.1, 0.15) is 11.1 Å². The molecule has 0 spiro atoms. The molecular weight excluding hydrogens is 291 g/mol. The summed E-state index contributed by atoms with van der Waals surface area (Å²) in [6.45, 7) is 0.345. The fourth-order valence-corrected chi connectivity index (χ4v) is 2.75. The molecule has 4 heteroatoms. The van der Waals surface area contributed by atoms with Gasteiger partial charge in [-0.3, -0.25) is 4.79 Å². The molecule has 1 heterocycles. The Morgan fingerprint density at radius 2 is 2.05 bits per heavy atom. The number of hydrogen-bond acceptors (Lipinski definition) is 2. The van der Waals surface area contributed by atoms with Gasteiger partial charge in [-0.15, -0.1) is 0 Å². The SMILES string of the molecule is O=C(Cc1cccc(Cl)c1F)C1COc2ccccc2C1. The fraction of sp³-hybridized carbons (Fsp3) is 0.235.